The summed E-state index contributed by atoms with van der Waals surface area (Å²) >= 11 is 0. The van der Waals surface area contributed by atoms with Crippen LogP contribution in [0.3, 0.4) is 0 Å². The number of ether oxygens (including phenoxy) is 3. The molecule has 1 aromatic heterocycles. The Kier molecular flexibility index (Phi) is 5.92. The van der Waals surface area contributed by atoms with E-state index in [-0.39, 0.29) is 5.63 Å². The summed E-state index contributed by atoms with van der Waals surface area (Å²) in [7, 11) is 4.74. The minimum absolute atomic E-state index is 0.323. The molecule has 0 aliphatic carbocycles. The third kappa shape index (κ3) is 3.74. The van der Waals surface area contributed by atoms with E-state index in [9.17, 15) is 4.79 Å². The van der Waals surface area contributed by atoms with Crippen LogP contribution in [0.2, 0.25) is 0 Å². The first-order chi connectivity index (χ1) is 14.7. The molecule has 0 bridgehead atoms. The van der Waals surface area contributed by atoms with E-state index in [1.807, 2.05) is 36.4 Å². The van der Waals surface area contributed by atoms with Gasteiger partial charge in [-0.2, -0.15) is 0 Å². The van der Waals surface area contributed by atoms with Gasteiger partial charge in [0.15, 0.2) is 11.5 Å². The molecule has 0 atom stereocenters. The van der Waals surface area contributed by atoms with Crippen molar-refractivity contribution >= 4 is 11.0 Å². The maximum Gasteiger partial charge on any atom is 0.341 e. The van der Waals surface area contributed by atoms with Crippen LogP contribution in [0.5, 0.6) is 17.2 Å². The molecular weight excluding hydrogens is 384 g/mol. The van der Waals surface area contributed by atoms with E-state index in [0.29, 0.717) is 34.9 Å². The Morgan fingerprint density at radius 3 is 2.30 bits per heavy atom. The van der Waals surface area contributed by atoms with Gasteiger partial charge in [0.1, 0.15) is 5.58 Å². The van der Waals surface area contributed by atoms with Gasteiger partial charge in [0, 0.05) is 43.7 Å². The Labute approximate surface area is 175 Å². The largest absolute Gasteiger partial charge is 0.493 e. The fourth-order valence-corrected chi connectivity index (χ4v) is 3.98. The van der Waals surface area contributed by atoms with Crippen LogP contribution in [0.4, 0.5) is 0 Å². The lowest BCUT2D eigenvalue weighted by molar-refractivity contribution is 0.231. The molecule has 7 nitrogen and oxygen atoms in total. The summed E-state index contributed by atoms with van der Waals surface area (Å²) in [5, 5.41) is 4.22. The number of para-hydroxylation sites is 1. The molecule has 7 heteroatoms. The van der Waals surface area contributed by atoms with Crippen LogP contribution in [0.15, 0.2) is 45.6 Å². The SMILES string of the molecule is COc1cc(-c2c(CN3CCNCC3)c(=O)oc3ccccc23)cc(OC)c1OC. The minimum Gasteiger partial charge on any atom is -0.493 e. The Morgan fingerprint density at radius 1 is 1.00 bits per heavy atom. The fraction of sp³-hybridized carbons (Fsp3) is 0.348. The van der Waals surface area contributed by atoms with Gasteiger partial charge in [-0.05, 0) is 23.8 Å². The summed E-state index contributed by atoms with van der Waals surface area (Å²) in [5.41, 5.74) is 2.51. The van der Waals surface area contributed by atoms with Crippen molar-refractivity contribution in [1.29, 1.82) is 0 Å². The van der Waals surface area contributed by atoms with Crippen molar-refractivity contribution in [3.8, 4) is 28.4 Å². The number of fused-ring (bicyclic) bond motifs is 1. The maximum absolute atomic E-state index is 13.0. The second kappa shape index (κ2) is 8.77. The zero-order valence-corrected chi connectivity index (χ0v) is 17.5. The predicted octanol–water partition coefficient (Wildman–Crippen LogP) is 2.89. The number of benzene rings is 2. The van der Waals surface area contributed by atoms with Gasteiger partial charge in [-0.3, -0.25) is 4.90 Å². The lowest BCUT2D eigenvalue weighted by Crippen LogP contribution is -2.43. The molecule has 1 aliphatic rings. The Balaban J connectivity index is 1.96. The van der Waals surface area contributed by atoms with Crippen molar-refractivity contribution in [1.82, 2.24) is 10.2 Å². The van der Waals surface area contributed by atoms with E-state index in [0.717, 1.165) is 42.7 Å². The molecule has 2 aromatic carbocycles. The molecule has 0 unspecified atom stereocenters. The number of hydrogen-bond acceptors (Lipinski definition) is 7. The van der Waals surface area contributed by atoms with Gasteiger partial charge in [-0.25, -0.2) is 4.79 Å². The number of piperazine rings is 1. The molecular formula is C23H26N2O5. The van der Waals surface area contributed by atoms with Crippen molar-refractivity contribution in [2.24, 2.45) is 0 Å². The van der Waals surface area contributed by atoms with Gasteiger partial charge < -0.3 is 23.9 Å². The number of hydrogen-bond donors (Lipinski definition) is 1. The zero-order chi connectivity index (χ0) is 21.1. The molecule has 0 radical (unpaired) electrons. The van der Waals surface area contributed by atoms with E-state index < -0.39 is 0 Å². The molecule has 1 N–H and O–H groups in total. The molecule has 0 spiro atoms. The molecule has 30 heavy (non-hydrogen) atoms. The lowest BCUT2D eigenvalue weighted by atomic mass is 9.95. The van der Waals surface area contributed by atoms with Crippen molar-refractivity contribution in [2.75, 3.05) is 47.5 Å². The van der Waals surface area contributed by atoms with Crippen LogP contribution in [0, 0.1) is 0 Å². The van der Waals surface area contributed by atoms with Crippen molar-refractivity contribution < 1.29 is 18.6 Å². The third-order valence-electron chi connectivity index (χ3n) is 5.45. The van der Waals surface area contributed by atoms with Crippen LogP contribution >= 0.6 is 0 Å². The number of rotatable bonds is 6. The standard InChI is InChI=1S/C23H26N2O5/c1-27-19-12-15(13-20(28-2)22(19)29-3)21-16-6-4-5-7-18(16)30-23(26)17(21)14-25-10-8-24-9-11-25/h4-7,12-13,24H,8-11,14H2,1-3H3. The second-order valence-corrected chi connectivity index (χ2v) is 7.18. The minimum atomic E-state index is -0.323. The van der Waals surface area contributed by atoms with E-state index in [1.54, 1.807) is 21.3 Å². The summed E-state index contributed by atoms with van der Waals surface area (Å²) in [5.74, 6) is 1.59. The van der Waals surface area contributed by atoms with E-state index in [4.69, 9.17) is 18.6 Å². The summed E-state index contributed by atoms with van der Waals surface area (Å²) in [6, 6.07) is 11.3. The first-order valence-corrected chi connectivity index (χ1v) is 9.94. The molecule has 2 heterocycles. The topological polar surface area (TPSA) is 73.2 Å². The summed E-state index contributed by atoms with van der Waals surface area (Å²) in [6.45, 7) is 4.07. The van der Waals surface area contributed by atoms with Gasteiger partial charge >= 0.3 is 5.63 Å². The smallest absolute Gasteiger partial charge is 0.341 e. The highest BCUT2D eigenvalue weighted by atomic mass is 16.5. The molecule has 0 amide bonds. The molecule has 4 rings (SSSR count). The van der Waals surface area contributed by atoms with Gasteiger partial charge in [0.25, 0.3) is 0 Å². The highest BCUT2D eigenvalue weighted by Crippen LogP contribution is 2.43. The predicted molar refractivity (Wildman–Crippen MR) is 116 cm³/mol. The van der Waals surface area contributed by atoms with Crippen LogP contribution in [0.25, 0.3) is 22.1 Å². The van der Waals surface area contributed by atoms with Crippen molar-refractivity contribution in [2.45, 2.75) is 6.54 Å². The van der Waals surface area contributed by atoms with Crippen LogP contribution < -0.4 is 25.2 Å². The zero-order valence-electron chi connectivity index (χ0n) is 17.5. The van der Waals surface area contributed by atoms with Crippen LogP contribution in [-0.2, 0) is 6.54 Å². The summed E-state index contributed by atoms with van der Waals surface area (Å²) in [6.07, 6.45) is 0. The van der Waals surface area contributed by atoms with Gasteiger partial charge in [-0.1, -0.05) is 18.2 Å². The third-order valence-corrected chi connectivity index (χ3v) is 5.45. The number of nitrogens with one attached hydrogen (secondary N) is 1. The maximum atomic E-state index is 13.0. The Bertz CT molecular complexity index is 1080. The molecule has 158 valence electrons. The lowest BCUT2D eigenvalue weighted by Gasteiger charge is -2.27. The van der Waals surface area contributed by atoms with E-state index in [1.165, 1.54) is 0 Å². The quantitative estimate of drug-likeness (QED) is 0.627. The Morgan fingerprint density at radius 2 is 1.67 bits per heavy atom. The molecule has 0 saturated carbocycles. The normalized spacial score (nSPS) is 14.6. The van der Waals surface area contributed by atoms with E-state index >= 15 is 0 Å². The van der Waals surface area contributed by atoms with Gasteiger partial charge in [-0.15, -0.1) is 0 Å². The first-order valence-electron chi connectivity index (χ1n) is 9.94. The van der Waals surface area contributed by atoms with Crippen molar-refractivity contribution in [3.63, 3.8) is 0 Å². The average Bonchev–Trinajstić information content (AvgIpc) is 2.79. The molecule has 1 aliphatic heterocycles. The fourth-order valence-electron chi connectivity index (χ4n) is 3.98. The highest BCUT2D eigenvalue weighted by Gasteiger charge is 2.22. The molecule has 1 fully saturated rings. The monoisotopic (exact) mass is 410 g/mol. The van der Waals surface area contributed by atoms with E-state index in [2.05, 4.69) is 10.2 Å². The van der Waals surface area contributed by atoms with Crippen LogP contribution in [0.1, 0.15) is 5.56 Å². The van der Waals surface area contributed by atoms with Gasteiger partial charge in [0.05, 0.1) is 26.9 Å². The van der Waals surface area contributed by atoms with Crippen LogP contribution in [-0.4, -0.2) is 52.4 Å². The first kappa shape index (κ1) is 20.3. The highest BCUT2D eigenvalue weighted by molar-refractivity contribution is 5.95. The summed E-state index contributed by atoms with van der Waals surface area (Å²) < 4.78 is 22.2. The summed E-state index contributed by atoms with van der Waals surface area (Å²) in [4.78, 5) is 15.3. The second-order valence-electron chi connectivity index (χ2n) is 7.18. The van der Waals surface area contributed by atoms with Gasteiger partial charge in [0.2, 0.25) is 5.75 Å². The molecule has 3 aromatic rings. The Hall–Kier alpha value is -3.03. The van der Waals surface area contributed by atoms with Crippen molar-refractivity contribution in [3.05, 3.63) is 52.4 Å². The molecule has 1 saturated heterocycles. The average molecular weight is 410 g/mol. The number of methoxy groups -OCH3 is 3. The number of nitrogens with zero attached hydrogens (tertiary/aromatic N) is 1.